The molecule has 0 aliphatic carbocycles. The average Bonchev–Trinajstić information content (AvgIpc) is 2.75. The predicted octanol–water partition coefficient (Wildman–Crippen LogP) is 2.93. The lowest BCUT2D eigenvalue weighted by Gasteiger charge is -2.31. The standard InChI is InChI=1S/C14H22F3N3O2S/c1-9(2)12-10(3)13(14(15,16)17)18-20(12)11-5-7-19(8-6-11)23(4,21)22/h9,11H,5-8H2,1-4H3. The summed E-state index contributed by atoms with van der Waals surface area (Å²) in [5.74, 6) is -0.0912. The predicted molar refractivity (Wildman–Crippen MR) is 80.7 cm³/mol. The van der Waals surface area contributed by atoms with Crippen LogP contribution in [-0.4, -0.2) is 41.8 Å². The Morgan fingerprint density at radius 3 is 2.13 bits per heavy atom. The van der Waals surface area contributed by atoms with Gasteiger partial charge in [-0.05, 0) is 25.7 Å². The van der Waals surface area contributed by atoms with Crippen LogP contribution >= 0.6 is 0 Å². The summed E-state index contributed by atoms with van der Waals surface area (Å²) in [6, 6.07) is -0.208. The van der Waals surface area contributed by atoms with Gasteiger partial charge in [0.05, 0.1) is 12.3 Å². The first-order valence-corrected chi connectivity index (χ1v) is 9.39. The van der Waals surface area contributed by atoms with Gasteiger partial charge in [-0.3, -0.25) is 4.68 Å². The minimum atomic E-state index is -4.48. The van der Waals surface area contributed by atoms with Crippen LogP contribution in [0.5, 0.6) is 0 Å². The molecule has 1 fully saturated rings. The van der Waals surface area contributed by atoms with Crippen molar-refractivity contribution in [1.29, 1.82) is 0 Å². The van der Waals surface area contributed by atoms with Gasteiger partial charge in [0.1, 0.15) is 0 Å². The van der Waals surface area contributed by atoms with Crippen molar-refractivity contribution in [2.45, 2.75) is 51.7 Å². The molecule has 1 aliphatic heterocycles. The van der Waals surface area contributed by atoms with Crippen molar-refractivity contribution in [1.82, 2.24) is 14.1 Å². The summed E-state index contributed by atoms with van der Waals surface area (Å²) in [5, 5.41) is 3.84. The van der Waals surface area contributed by atoms with E-state index in [4.69, 9.17) is 0 Å². The molecule has 2 rings (SSSR count). The van der Waals surface area contributed by atoms with E-state index < -0.39 is 21.9 Å². The van der Waals surface area contributed by atoms with Gasteiger partial charge in [0.25, 0.3) is 0 Å². The van der Waals surface area contributed by atoms with E-state index in [1.165, 1.54) is 15.9 Å². The molecule has 0 aromatic carbocycles. The average molecular weight is 353 g/mol. The molecule has 1 aliphatic rings. The van der Waals surface area contributed by atoms with Crippen LogP contribution in [0.25, 0.3) is 0 Å². The van der Waals surface area contributed by atoms with Gasteiger partial charge in [0, 0.05) is 24.3 Å². The zero-order valence-corrected chi connectivity index (χ0v) is 14.5. The molecule has 132 valence electrons. The van der Waals surface area contributed by atoms with Crippen LogP contribution in [-0.2, 0) is 16.2 Å². The van der Waals surface area contributed by atoms with Crippen LogP contribution in [0.2, 0.25) is 0 Å². The molecule has 0 unspecified atom stereocenters. The van der Waals surface area contributed by atoms with E-state index in [1.807, 2.05) is 13.8 Å². The first-order valence-electron chi connectivity index (χ1n) is 7.54. The second-order valence-electron chi connectivity index (χ2n) is 6.35. The maximum Gasteiger partial charge on any atom is 0.435 e. The molecule has 0 amide bonds. The molecule has 9 heteroatoms. The van der Waals surface area contributed by atoms with E-state index in [-0.39, 0.29) is 17.5 Å². The molecule has 1 aromatic rings. The van der Waals surface area contributed by atoms with Crippen molar-refractivity contribution in [2.75, 3.05) is 19.3 Å². The number of piperidine rings is 1. The number of nitrogens with zero attached hydrogens (tertiary/aromatic N) is 3. The number of alkyl halides is 3. The third-order valence-electron chi connectivity index (χ3n) is 4.25. The fourth-order valence-electron chi connectivity index (χ4n) is 3.19. The van der Waals surface area contributed by atoms with Crippen LogP contribution < -0.4 is 0 Å². The van der Waals surface area contributed by atoms with Crippen molar-refractivity contribution in [3.63, 3.8) is 0 Å². The van der Waals surface area contributed by atoms with Crippen LogP contribution in [0.1, 0.15) is 55.6 Å². The van der Waals surface area contributed by atoms with Crippen molar-refractivity contribution in [3.05, 3.63) is 17.0 Å². The van der Waals surface area contributed by atoms with Crippen LogP contribution in [0, 0.1) is 6.92 Å². The van der Waals surface area contributed by atoms with Gasteiger partial charge in [-0.1, -0.05) is 13.8 Å². The lowest BCUT2D eigenvalue weighted by molar-refractivity contribution is -0.142. The van der Waals surface area contributed by atoms with Crippen LogP contribution in [0.3, 0.4) is 0 Å². The fraction of sp³-hybridized carbons (Fsp3) is 0.786. The monoisotopic (exact) mass is 353 g/mol. The quantitative estimate of drug-likeness (QED) is 0.840. The Labute approximate surface area is 134 Å². The van der Waals surface area contributed by atoms with E-state index in [1.54, 1.807) is 0 Å². The number of aromatic nitrogens is 2. The Hall–Kier alpha value is -1.09. The minimum Gasteiger partial charge on any atom is -0.265 e. The van der Waals surface area contributed by atoms with Gasteiger partial charge in [0.2, 0.25) is 10.0 Å². The maximum atomic E-state index is 13.1. The first kappa shape index (κ1) is 18.3. The van der Waals surface area contributed by atoms with Crippen molar-refractivity contribution >= 4 is 10.0 Å². The summed E-state index contributed by atoms with van der Waals surface area (Å²) in [7, 11) is -3.26. The van der Waals surface area contributed by atoms with Crippen LogP contribution in [0.15, 0.2) is 0 Å². The zero-order chi connectivity index (χ0) is 17.6. The van der Waals surface area contributed by atoms with Gasteiger partial charge in [0.15, 0.2) is 5.69 Å². The normalized spacial score (nSPS) is 18.8. The second-order valence-corrected chi connectivity index (χ2v) is 8.33. The molecule has 0 N–H and O–H groups in total. The van der Waals surface area contributed by atoms with Gasteiger partial charge >= 0.3 is 6.18 Å². The number of hydrogen-bond acceptors (Lipinski definition) is 3. The number of halogens is 3. The zero-order valence-electron chi connectivity index (χ0n) is 13.7. The molecule has 1 saturated heterocycles. The third kappa shape index (κ3) is 3.71. The Morgan fingerprint density at radius 2 is 1.74 bits per heavy atom. The van der Waals surface area contributed by atoms with E-state index in [2.05, 4.69) is 5.10 Å². The minimum absolute atomic E-state index is 0.0912. The van der Waals surface area contributed by atoms with Gasteiger partial charge < -0.3 is 0 Å². The van der Waals surface area contributed by atoms with Gasteiger partial charge in [-0.25, -0.2) is 12.7 Å². The highest BCUT2D eigenvalue weighted by atomic mass is 32.2. The van der Waals surface area contributed by atoms with E-state index in [0.29, 0.717) is 31.6 Å². The van der Waals surface area contributed by atoms with Crippen molar-refractivity contribution < 1.29 is 21.6 Å². The Bertz CT molecular complexity index is 672. The molecule has 2 heterocycles. The van der Waals surface area contributed by atoms with Gasteiger partial charge in [-0.15, -0.1) is 0 Å². The SMILES string of the molecule is Cc1c(C(F)(F)F)nn(C2CCN(S(C)(=O)=O)CC2)c1C(C)C. The lowest BCUT2D eigenvalue weighted by Crippen LogP contribution is -2.38. The molecule has 0 spiro atoms. The fourth-order valence-corrected chi connectivity index (χ4v) is 4.07. The summed E-state index contributed by atoms with van der Waals surface area (Å²) >= 11 is 0. The number of sulfonamides is 1. The molecule has 0 radical (unpaired) electrons. The molecular formula is C14H22F3N3O2S. The highest BCUT2D eigenvalue weighted by Gasteiger charge is 2.39. The summed E-state index contributed by atoms with van der Waals surface area (Å²) < 4.78 is 65.3. The number of rotatable bonds is 3. The Kier molecular flexibility index (Phi) is 4.83. The largest absolute Gasteiger partial charge is 0.435 e. The Morgan fingerprint density at radius 1 is 1.22 bits per heavy atom. The maximum absolute atomic E-state index is 13.1. The smallest absolute Gasteiger partial charge is 0.265 e. The van der Waals surface area contributed by atoms with Crippen LogP contribution in [0.4, 0.5) is 13.2 Å². The highest BCUT2D eigenvalue weighted by molar-refractivity contribution is 7.88. The van der Waals surface area contributed by atoms with Crippen molar-refractivity contribution in [2.24, 2.45) is 0 Å². The number of hydrogen-bond donors (Lipinski definition) is 0. The summed E-state index contributed by atoms with van der Waals surface area (Å²) in [6.45, 7) is 5.74. The summed E-state index contributed by atoms with van der Waals surface area (Å²) in [6.07, 6.45) is -2.41. The molecule has 5 nitrogen and oxygen atoms in total. The summed E-state index contributed by atoms with van der Waals surface area (Å²) in [4.78, 5) is 0. The van der Waals surface area contributed by atoms with Crippen molar-refractivity contribution in [3.8, 4) is 0 Å². The Balaban J connectivity index is 2.34. The lowest BCUT2D eigenvalue weighted by atomic mass is 10.0. The molecule has 0 atom stereocenters. The van der Waals surface area contributed by atoms with Gasteiger partial charge in [-0.2, -0.15) is 18.3 Å². The first-order chi connectivity index (χ1) is 10.4. The van der Waals surface area contributed by atoms with E-state index >= 15 is 0 Å². The second kappa shape index (κ2) is 6.08. The van der Waals surface area contributed by atoms with E-state index in [9.17, 15) is 21.6 Å². The molecule has 1 aromatic heterocycles. The molecule has 23 heavy (non-hydrogen) atoms. The molecule has 0 bridgehead atoms. The topological polar surface area (TPSA) is 55.2 Å². The summed E-state index contributed by atoms with van der Waals surface area (Å²) in [5.41, 5.74) is -0.0973. The molecule has 0 saturated carbocycles. The molecular weight excluding hydrogens is 331 g/mol. The highest BCUT2D eigenvalue weighted by Crippen LogP contribution is 2.37. The van der Waals surface area contributed by atoms with E-state index in [0.717, 1.165) is 6.26 Å². The third-order valence-corrected chi connectivity index (χ3v) is 5.55.